The predicted molar refractivity (Wildman–Crippen MR) is 84.2 cm³/mol. The summed E-state index contributed by atoms with van der Waals surface area (Å²) in [5, 5.41) is 34.2. The summed E-state index contributed by atoms with van der Waals surface area (Å²) in [7, 11) is 0. The van der Waals surface area contributed by atoms with Gasteiger partial charge < -0.3 is 25.2 Å². The second-order valence-electron chi connectivity index (χ2n) is 4.58. The first-order valence-electron chi connectivity index (χ1n) is 6.90. The molecule has 0 aliphatic rings. The van der Waals surface area contributed by atoms with Gasteiger partial charge in [-0.25, -0.2) is 9.59 Å². The van der Waals surface area contributed by atoms with Gasteiger partial charge in [0.2, 0.25) is 0 Å². The van der Waals surface area contributed by atoms with Crippen molar-refractivity contribution in [3.05, 3.63) is 42.5 Å². The number of carboxylic acid groups (broad SMARTS) is 2. The highest BCUT2D eigenvalue weighted by molar-refractivity contribution is 5.92. The third-order valence-electron chi connectivity index (χ3n) is 2.52. The van der Waals surface area contributed by atoms with Crippen LogP contribution >= 0.6 is 0 Å². The van der Waals surface area contributed by atoms with E-state index >= 15 is 0 Å². The van der Waals surface area contributed by atoms with Crippen molar-refractivity contribution in [2.24, 2.45) is 0 Å². The van der Waals surface area contributed by atoms with Crippen LogP contribution in [0.2, 0.25) is 0 Å². The Morgan fingerprint density at radius 3 is 1.60 bits per heavy atom. The molecular weight excluding hydrogens is 336 g/mol. The van der Waals surface area contributed by atoms with E-state index in [9.17, 15) is 19.2 Å². The first-order valence-corrected chi connectivity index (χ1v) is 6.90. The van der Waals surface area contributed by atoms with Crippen LogP contribution in [0.5, 0.6) is 0 Å². The topological polar surface area (TPSA) is 158 Å². The van der Waals surface area contributed by atoms with Gasteiger partial charge in [0, 0.05) is 0 Å². The number of esters is 2. The Labute approximate surface area is 142 Å². The molecule has 0 saturated carbocycles. The normalized spacial score (nSPS) is 11.9. The Morgan fingerprint density at radius 2 is 1.32 bits per heavy atom. The van der Waals surface area contributed by atoms with E-state index in [0.717, 1.165) is 0 Å². The highest BCUT2D eigenvalue weighted by Crippen LogP contribution is 2.00. The van der Waals surface area contributed by atoms with Gasteiger partial charge in [-0.05, 0) is 5.56 Å². The second kappa shape index (κ2) is 11.5. The molecule has 0 heterocycles. The minimum absolute atomic E-state index is 0.971. The smallest absolute Gasteiger partial charge is 0.343 e. The van der Waals surface area contributed by atoms with Crippen molar-refractivity contribution >= 4 is 30.0 Å². The Morgan fingerprint density at radius 1 is 0.920 bits per heavy atom. The number of hydrogen-bond acceptors (Lipinski definition) is 7. The van der Waals surface area contributed by atoms with Crippen molar-refractivity contribution in [2.75, 3.05) is 0 Å². The summed E-state index contributed by atoms with van der Waals surface area (Å²) in [6.45, 7) is 3.63. The molecule has 0 spiro atoms. The standard InChI is InChI=1S/C8H10O9.C8H8/c9-3(1-5(11)12)7(15)17-8(16)4(10)2-6(13)14;1-2-8-6-4-3-5-7-8/h3-4,9-10H,1-2H2,(H,11,12)(H,13,14);2-7H,1H2. The maximum absolute atomic E-state index is 10.9. The highest BCUT2D eigenvalue weighted by Gasteiger charge is 2.27. The molecule has 0 amide bonds. The minimum atomic E-state index is -2.06. The maximum atomic E-state index is 10.9. The van der Waals surface area contributed by atoms with Crippen molar-refractivity contribution in [1.29, 1.82) is 0 Å². The molecule has 2 unspecified atom stereocenters. The van der Waals surface area contributed by atoms with Crippen molar-refractivity contribution < 1.29 is 44.3 Å². The zero-order valence-electron chi connectivity index (χ0n) is 13.1. The molecule has 1 aromatic carbocycles. The summed E-state index contributed by atoms with van der Waals surface area (Å²) < 4.78 is 3.87. The van der Waals surface area contributed by atoms with E-state index in [1.165, 1.54) is 5.56 Å². The van der Waals surface area contributed by atoms with Crippen molar-refractivity contribution in [3.8, 4) is 0 Å². The zero-order valence-corrected chi connectivity index (χ0v) is 13.1. The Kier molecular flexibility index (Phi) is 10.1. The van der Waals surface area contributed by atoms with Gasteiger partial charge in [-0.2, -0.15) is 0 Å². The molecule has 0 fully saturated rings. The number of carboxylic acids is 2. The molecule has 25 heavy (non-hydrogen) atoms. The van der Waals surface area contributed by atoms with Crippen molar-refractivity contribution in [1.82, 2.24) is 0 Å². The summed E-state index contributed by atoms with van der Waals surface area (Å²) in [6.07, 6.45) is -4.23. The first kappa shape index (κ1) is 22.0. The second-order valence-corrected chi connectivity index (χ2v) is 4.58. The SMILES string of the molecule is C=Cc1ccccc1.O=C(O)CC(O)C(=O)OC(=O)C(O)CC(=O)O. The van der Waals surface area contributed by atoms with Crippen LogP contribution in [-0.4, -0.2) is 56.5 Å². The van der Waals surface area contributed by atoms with Crippen molar-refractivity contribution in [3.63, 3.8) is 0 Å². The molecule has 0 aliphatic heterocycles. The number of carbonyl (C=O) groups excluding carboxylic acids is 2. The van der Waals surface area contributed by atoms with E-state index in [-0.39, 0.29) is 0 Å². The monoisotopic (exact) mass is 354 g/mol. The molecule has 0 radical (unpaired) electrons. The molecule has 136 valence electrons. The van der Waals surface area contributed by atoms with Gasteiger partial charge in [-0.15, -0.1) is 0 Å². The van der Waals surface area contributed by atoms with Crippen LogP contribution in [0.1, 0.15) is 18.4 Å². The predicted octanol–water partition coefficient (Wildman–Crippen LogP) is 0.0570. The van der Waals surface area contributed by atoms with E-state index in [1.807, 2.05) is 36.4 Å². The Hall–Kier alpha value is -3.04. The third-order valence-corrected chi connectivity index (χ3v) is 2.52. The number of rotatable bonds is 7. The van der Waals surface area contributed by atoms with Crippen LogP contribution in [0.25, 0.3) is 6.08 Å². The van der Waals surface area contributed by atoms with Crippen LogP contribution in [0, 0.1) is 0 Å². The lowest BCUT2D eigenvalue weighted by Crippen LogP contribution is -2.33. The van der Waals surface area contributed by atoms with Gasteiger partial charge in [-0.1, -0.05) is 43.0 Å². The molecule has 0 bridgehead atoms. The fourth-order valence-electron chi connectivity index (χ4n) is 1.32. The summed E-state index contributed by atoms with van der Waals surface area (Å²) >= 11 is 0. The summed E-state index contributed by atoms with van der Waals surface area (Å²) in [5.41, 5.74) is 1.17. The zero-order chi connectivity index (χ0) is 19.4. The average molecular weight is 354 g/mol. The number of benzene rings is 1. The summed E-state index contributed by atoms with van der Waals surface area (Å²) in [6, 6.07) is 10.0. The molecule has 2 atom stereocenters. The molecular formula is C16H18O9. The third kappa shape index (κ3) is 10.4. The van der Waals surface area contributed by atoms with E-state index in [1.54, 1.807) is 0 Å². The maximum Gasteiger partial charge on any atom is 0.343 e. The summed E-state index contributed by atoms with van der Waals surface area (Å²) in [4.78, 5) is 41.9. The number of hydrogen-bond donors (Lipinski definition) is 4. The van der Waals surface area contributed by atoms with E-state index in [0.29, 0.717) is 0 Å². The Bertz CT molecular complexity index is 577. The molecule has 0 saturated heterocycles. The van der Waals surface area contributed by atoms with Crippen LogP contribution < -0.4 is 0 Å². The molecule has 0 aromatic heterocycles. The van der Waals surface area contributed by atoms with Gasteiger partial charge in [0.05, 0.1) is 12.8 Å². The number of carbonyl (C=O) groups is 4. The molecule has 0 aliphatic carbocycles. The number of ether oxygens (including phenoxy) is 1. The summed E-state index contributed by atoms with van der Waals surface area (Å²) in [5.74, 6) is -6.12. The first-order chi connectivity index (χ1) is 11.7. The van der Waals surface area contributed by atoms with Gasteiger partial charge in [-0.3, -0.25) is 9.59 Å². The fraction of sp³-hybridized carbons (Fsp3) is 0.250. The lowest BCUT2D eigenvalue weighted by atomic mass is 10.2. The van der Waals surface area contributed by atoms with Crippen LogP contribution in [0.15, 0.2) is 36.9 Å². The van der Waals surface area contributed by atoms with E-state index in [2.05, 4.69) is 11.3 Å². The molecule has 9 heteroatoms. The fourth-order valence-corrected chi connectivity index (χ4v) is 1.32. The van der Waals surface area contributed by atoms with Crippen LogP contribution in [-0.2, 0) is 23.9 Å². The molecule has 4 N–H and O–H groups in total. The van der Waals surface area contributed by atoms with Crippen LogP contribution in [0.4, 0.5) is 0 Å². The van der Waals surface area contributed by atoms with Crippen molar-refractivity contribution in [2.45, 2.75) is 25.0 Å². The van der Waals surface area contributed by atoms with Crippen LogP contribution in [0.3, 0.4) is 0 Å². The average Bonchev–Trinajstić information content (AvgIpc) is 2.54. The van der Waals surface area contributed by atoms with Gasteiger partial charge in [0.1, 0.15) is 0 Å². The van der Waals surface area contributed by atoms with E-state index in [4.69, 9.17) is 20.4 Å². The quantitative estimate of drug-likeness (QED) is 0.392. The lowest BCUT2D eigenvalue weighted by molar-refractivity contribution is -0.174. The van der Waals surface area contributed by atoms with E-state index < -0.39 is 48.9 Å². The van der Waals surface area contributed by atoms with Gasteiger partial charge in [0.25, 0.3) is 0 Å². The number of aliphatic hydroxyl groups is 2. The number of aliphatic carboxylic acids is 2. The lowest BCUT2D eigenvalue weighted by Gasteiger charge is -2.09. The molecule has 1 rings (SSSR count). The van der Waals surface area contributed by atoms with Gasteiger partial charge in [0.15, 0.2) is 12.2 Å². The largest absolute Gasteiger partial charge is 0.481 e. The highest BCUT2D eigenvalue weighted by atomic mass is 16.6. The molecule has 1 aromatic rings. The number of aliphatic hydroxyl groups excluding tert-OH is 2. The Balaban J connectivity index is 0.000000593. The molecule has 9 nitrogen and oxygen atoms in total. The van der Waals surface area contributed by atoms with Gasteiger partial charge >= 0.3 is 23.9 Å². The minimum Gasteiger partial charge on any atom is -0.481 e.